The summed E-state index contributed by atoms with van der Waals surface area (Å²) in [5.41, 5.74) is 6.54. The Balaban J connectivity index is 2.32. The minimum Gasteiger partial charge on any atom is -0.377 e. The fraction of sp³-hybridized carbons (Fsp3) is 0.588. The molecule has 7 nitrogen and oxygen atoms in total. The first-order valence-electron chi connectivity index (χ1n) is 8.30. The van der Waals surface area contributed by atoms with Crippen LogP contribution in [0, 0.1) is 0 Å². The number of likely N-dealkylation sites (N-methyl/N-ethyl adjacent to an activating group) is 1. The normalized spacial score (nSPS) is 13.2. The average molecular weight is 336 g/mol. The van der Waals surface area contributed by atoms with E-state index in [4.69, 9.17) is 5.73 Å². The topological polar surface area (TPSA) is 109 Å². The van der Waals surface area contributed by atoms with Gasteiger partial charge in [-0.05, 0) is 30.5 Å². The summed E-state index contributed by atoms with van der Waals surface area (Å²) in [6, 6.07) is 3.36. The largest absolute Gasteiger partial charge is 0.377 e. The molecule has 2 unspecified atom stereocenters. The second-order valence-electron chi connectivity index (χ2n) is 5.87. The predicted molar refractivity (Wildman–Crippen MR) is 91.8 cm³/mol. The Morgan fingerprint density at radius 1 is 1.33 bits per heavy atom. The van der Waals surface area contributed by atoms with Crippen molar-refractivity contribution in [2.75, 3.05) is 13.6 Å². The second kappa shape index (κ2) is 10.7. The lowest BCUT2D eigenvalue weighted by atomic mass is 10.1. The van der Waals surface area contributed by atoms with Gasteiger partial charge in [0.15, 0.2) is 0 Å². The van der Waals surface area contributed by atoms with Crippen molar-refractivity contribution in [2.45, 2.75) is 51.3 Å². The molecule has 0 bridgehead atoms. The molecule has 0 radical (unpaired) electrons. The van der Waals surface area contributed by atoms with Gasteiger partial charge in [-0.2, -0.15) is 0 Å². The lowest BCUT2D eigenvalue weighted by Gasteiger charge is -2.21. The maximum absolute atomic E-state index is 12.1. The van der Waals surface area contributed by atoms with E-state index < -0.39 is 12.3 Å². The van der Waals surface area contributed by atoms with Gasteiger partial charge < -0.3 is 21.1 Å². The van der Waals surface area contributed by atoms with Gasteiger partial charge in [0.25, 0.3) is 0 Å². The quantitative estimate of drug-likeness (QED) is 0.537. The number of aliphatic hydroxyl groups excluding tert-OH is 1. The zero-order chi connectivity index (χ0) is 17.9. The molecule has 7 heteroatoms. The van der Waals surface area contributed by atoms with E-state index in [0.717, 1.165) is 18.4 Å². The molecule has 0 saturated carbocycles. The summed E-state index contributed by atoms with van der Waals surface area (Å²) in [6.07, 6.45) is 4.73. The van der Waals surface area contributed by atoms with Gasteiger partial charge in [0, 0.05) is 38.8 Å². The number of aromatic nitrogens is 1. The van der Waals surface area contributed by atoms with E-state index >= 15 is 0 Å². The van der Waals surface area contributed by atoms with Crippen molar-refractivity contribution in [3.05, 3.63) is 30.1 Å². The van der Waals surface area contributed by atoms with Gasteiger partial charge in [-0.25, -0.2) is 0 Å². The van der Waals surface area contributed by atoms with E-state index in [0.29, 0.717) is 13.0 Å². The van der Waals surface area contributed by atoms with Crippen LogP contribution in [-0.2, 0) is 16.0 Å². The van der Waals surface area contributed by atoms with Crippen molar-refractivity contribution in [3.63, 3.8) is 0 Å². The molecule has 0 aromatic carbocycles. The van der Waals surface area contributed by atoms with E-state index in [1.165, 1.54) is 0 Å². The SMILES string of the molecule is CCCC(NC(=O)CCC(=O)N(C)CCc1ccncc1)C(N)O. The fourth-order valence-electron chi connectivity index (χ4n) is 2.30. The Labute approximate surface area is 143 Å². The molecule has 1 aromatic heterocycles. The third-order valence-electron chi connectivity index (χ3n) is 3.84. The zero-order valence-electron chi connectivity index (χ0n) is 14.4. The number of rotatable bonds is 10. The molecule has 134 valence electrons. The van der Waals surface area contributed by atoms with Crippen LogP contribution in [0.3, 0.4) is 0 Å². The fourth-order valence-corrected chi connectivity index (χ4v) is 2.30. The van der Waals surface area contributed by atoms with Gasteiger partial charge in [-0.15, -0.1) is 0 Å². The molecule has 0 aliphatic heterocycles. The number of hydrogen-bond acceptors (Lipinski definition) is 5. The monoisotopic (exact) mass is 336 g/mol. The molecule has 0 spiro atoms. The van der Waals surface area contributed by atoms with Crippen LogP contribution in [0.5, 0.6) is 0 Å². The molecule has 0 aliphatic rings. The number of carbonyl (C=O) groups excluding carboxylic acids is 2. The van der Waals surface area contributed by atoms with Crippen molar-refractivity contribution in [1.82, 2.24) is 15.2 Å². The number of aliphatic hydroxyl groups is 1. The Morgan fingerprint density at radius 3 is 2.58 bits per heavy atom. The minimum absolute atomic E-state index is 0.0838. The molecule has 1 rings (SSSR count). The van der Waals surface area contributed by atoms with Crippen molar-refractivity contribution < 1.29 is 14.7 Å². The molecule has 1 aromatic rings. The summed E-state index contributed by atoms with van der Waals surface area (Å²) in [6.45, 7) is 2.53. The number of hydrogen-bond donors (Lipinski definition) is 3. The van der Waals surface area contributed by atoms with Crippen LogP contribution in [0.1, 0.15) is 38.2 Å². The highest BCUT2D eigenvalue weighted by atomic mass is 16.3. The predicted octanol–water partition coefficient (Wildman–Crippen LogP) is 0.425. The number of carbonyl (C=O) groups is 2. The van der Waals surface area contributed by atoms with E-state index in [2.05, 4.69) is 10.3 Å². The first-order chi connectivity index (χ1) is 11.4. The van der Waals surface area contributed by atoms with Crippen LogP contribution in [0.15, 0.2) is 24.5 Å². The minimum atomic E-state index is -1.09. The molecule has 0 aliphatic carbocycles. The third kappa shape index (κ3) is 7.52. The van der Waals surface area contributed by atoms with Gasteiger partial charge in [0.2, 0.25) is 11.8 Å². The van der Waals surface area contributed by atoms with Crippen molar-refractivity contribution in [1.29, 1.82) is 0 Å². The van der Waals surface area contributed by atoms with Crippen molar-refractivity contribution >= 4 is 11.8 Å². The number of nitrogens with one attached hydrogen (secondary N) is 1. The second-order valence-corrected chi connectivity index (χ2v) is 5.87. The highest BCUT2D eigenvalue weighted by Crippen LogP contribution is 2.03. The van der Waals surface area contributed by atoms with Crippen LogP contribution in [0.4, 0.5) is 0 Å². The third-order valence-corrected chi connectivity index (χ3v) is 3.84. The van der Waals surface area contributed by atoms with Crippen LogP contribution in [0.2, 0.25) is 0 Å². The Morgan fingerprint density at radius 2 is 2.00 bits per heavy atom. The lowest BCUT2D eigenvalue weighted by molar-refractivity contribution is -0.132. The van der Waals surface area contributed by atoms with E-state index in [1.54, 1.807) is 24.3 Å². The first kappa shape index (κ1) is 20.1. The van der Waals surface area contributed by atoms with Crippen LogP contribution in [-0.4, -0.2) is 52.7 Å². The zero-order valence-corrected chi connectivity index (χ0v) is 14.4. The van der Waals surface area contributed by atoms with Gasteiger partial charge in [0.05, 0.1) is 6.04 Å². The maximum atomic E-state index is 12.1. The summed E-state index contributed by atoms with van der Waals surface area (Å²) >= 11 is 0. The molecular formula is C17H28N4O3. The highest BCUT2D eigenvalue weighted by Gasteiger charge is 2.18. The molecule has 24 heavy (non-hydrogen) atoms. The number of amides is 2. The Bertz CT molecular complexity index is 508. The molecule has 4 N–H and O–H groups in total. The van der Waals surface area contributed by atoms with Gasteiger partial charge in [-0.1, -0.05) is 13.3 Å². The van der Waals surface area contributed by atoms with Crippen molar-refractivity contribution in [3.8, 4) is 0 Å². The first-order valence-corrected chi connectivity index (χ1v) is 8.30. The highest BCUT2D eigenvalue weighted by molar-refractivity contribution is 5.83. The number of nitrogens with zero attached hydrogens (tertiary/aromatic N) is 2. The molecule has 0 fully saturated rings. The summed E-state index contributed by atoms with van der Waals surface area (Å²) in [4.78, 5) is 29.5. The Hall–Kier alpha value is -1.99. The maximum Gasteiger partial charge on any atom is 0.222 e. The summed E-state index contributed by atoms with van der Waals surface area (Å²) in [5, 5.41) is 12.1. The summed E-state index contributed by atoms with van der Waals surface area (Å²) in [7, 11) is 1.73. The molecule has 1 heterocycles. The van der Waals surface area contributed by atoms with Gasteiger partial charge in [-0.3, -0.25) is 14.6 Å². The molecular weight excluding hydrogens is 308 g/mol. The molecule has 0 saturated heterocycles. The summed E-state index contributed by atoms with van der Waals surface area (Å²) in [5.74, 6) is -0.353. The molecule has 2 atom stereocenters. The van der Waals surface area contributed by atoms with Crippen LogP contribution >= 0.6 is 0 Å². The number of nitrogens with two attached hydrogens (primary N) is 1. The van der Waals surface area contributed by atoms with Crippen molar-refractivity contribution in [2.24, 2.45) is 5.73 Å². The standard InChI is InChI=1S/C17H28N4O3/c1-3-4-14(17(18)24)20-15(22)5-6-16(23)21(2)12-9-13-7-10-19-11-8-13/h7-8,10-11,14,17,24H,3-6,9,12,18H2,1-2H3,(H,20,22). The van der Waals surface area contributed by atoms with Gasteiger partial charge >= 0.3 is 0 Å². The Kier molecular flexibility index (Phi) is 8.96. The average Bonchev–Trinajstić information content (AvgIpc) is 2.57. The van der Waals surface area contributed by atoms with Crippen LogP contribution in [0.25, 0.3) is 0 Å². The summed E-state index contributed by atoms with van der Waals surface area (Å²) < 4.78 is 0. The lowest BCUT2D eigenvalue weighted by Crippen LogP contribution is -2.47. The van der Waals surface area contributed by atoms with Crippen LogP contribution < -0.4 is 11.1 Å². The van der Waals surface area contributed by atoms with E-state index in [-0.39, 0.29) is 24.7 Å². The van der Waals surface area contributed by atoms with E-state index in [1.807, 2.05) is 19.1 Å². The van der Waals surface area contributed by atoms with E-state index in [9.17, 15) is 14.7 Å². The van der Waals surface area contributed by atoms with Gasteiger partial charge in [0.1, 0.15) is 6.23 Å². The smallest absolute Gasteiger partial charge is 0.222 e. The molecule has 2 amide bonds. The number of pyridine rings is 1.